The molecule has 0 aliphatic heterocycles. The Morgan fingerprint density at radius 3 is 2.71 bits per heavy atom. The molecule has 17 heavy (non-hydrogen) atoms. The number of hydrogen-bond donors (Lipinski definition) is 2. The third-order valence-corrected chi connectivity index (χ3v) is 2.29. The second-order valence-electron chi connectivity index (χ2n) is 3.56. The van der Waals surface area contributed by atoms with E-state index >= 15 is 0 Å². The third-order valence-electron chi connectivity index (χ3n) is 2.29. The molecular weight excluding hydrogens is 220 g/mol. The van der Waals surface area contributed by atoms with Gasteiger partial charge in [-0.3, -0.25) is 20.0 Å². The Morgan fingerprint density at radius 1 is 1.47 bits per heavy atom. The van der Waals surface area contributed by atoms with Crippen molar-refractivity contribution < 1.29 is 9.59 Å². The van der Waals surface area contributed by atoms with Gasteiger partial charge >= 0.3 is 11.8 Å². The minimum atomic E-state index is -0.820. The summed E-state index contributed by atoms with van der Waals surface area (Å²) in [6.07, 6.45) is 0. The number of rotatable bonds is 3. The van der Waals surface area contributed by atoms with Crippen molar-refractivity contribution >= 4 is 11.8 Å². The number of carbonyl (C=O) groups is 2. The Bertz CT molecular complexity index is 420. The molecule has 1 aromatic heterocycles. The Kier molecular flexibility index (Phi) is 4.59. The zero-order valence-corrected chi connectivity index (χ0v) is 9.93. The van der Waals surface area contributed by atoms with E-state index in [1.807, 2.05) is 30.5 Å². The molecule has 0 saturated carbocycles. The first-order valence-electron chi connectivity index (χ1n) is 5.30. The van der Waals surface area contributed by atoms with Gasteiger partial charge in [0.2, 0.25) is 0 Å². The van der Waals surface area contributed by atoms with Crippen LogP contribution in [0.2, 0.25) is 0 Å². The second-order valence-corrected chi connectivity index (χ2v) is 3.56. The van der Waals surface area contributed by atoms with E-state index in [0.717, 1.165) is 11.4 Å². The van der Waals surface area contributed by atoms with Gasteiger partial charge in [-0.05, 0) is 26.0 Å². The summed E-state index contributed by atoms with van der Waals surface area (Å²) in [5.74, 6) is 3.45. The van der Waals surface area contributed by atoms with Crippen LogP contribution in [0.25, 0.3) is 0 Å². The SMILES string of the molecule is CCN(Cc1cccc(C)n1)C(=O)C(=O)NN. The van der Waals surface area contributed by atoms with Crippen molar-refractivity contribution in [3.05, 3.63) is 29.6 Å². The minimum Gasteiger partial charge on any atom is -0.329 e. The summed E-state index contributed by atoms with van der Waals surface area (Å²) >= 11 is 0. The lowest BCUT2D eigenvalue weighted by Crippen LogP contribution is -2.45. The van der Waals surface area contributed by atoms with E-state index in [9.17, 15) is 9.59 Å². The smallest absolute Gasteiger partial charge is 0.323 e. The maximum Gasteiger partial charge on any atom is 0.323 e. The minimum absolute atomic E-state index is 0.296. The van der Waals surface area contributed by atoms with Crippen LogP contribution in [0.5, 0.6) is 0 Å². The molecule has 0 aliphatic carbocycles. The fourth-order valence-electron chi connectivity index (χ4n) is 1.42. The summed E-state index contributed by atoms with van der Waals surface area (Å²) in [7, 11) is 0. The monoisotopic (exact) mass is 236 g/mol. The standard InChI is InChI=1S/C11H16N4O2/c1-3-15(11(17)10(16)14-12)7-9-6-4-5-8(2)13-9/h4-6H,3,7,12H2,1-2H3,(H,14,16). The topological polar surface area (TPSA) is 88.3 Å². The first-order chi connectivity index (χ1) is 8.08. The van der Waals surface area contributed by atoms with Gasteiger partial charge in [-0.1, -0.05) is 6.07 Å². The highest BCUT2D eigenvalue weighted by molar-refractivity contribution is 6.34. The number of hydrogen-bond acceptors (Lipinski definition) is 4. The molecule has 0 aromatic carbocycles. The number of nitrogens with two attached hydrogens (primary N) is 1. The number of hydrazine groups is 1. The van der Waals surface area contributed by atoms with Crippen LogP contribution < -0.4 is 11.3 Å². The molecule has 2 amide bonds. The number of nitrogens with zero attached hydrogens (tertiary/aromatic N) is 2. The van der Waals surface area contributed by atoms with Crippen molar-refractivity contribution in [2.24, 2.45) is 5.84 Å². The van der Waals surface area contributed by atoms with Crippen LogP contribution in [0.15, 0.2) is 18.2 Å². The van der Waals surface area contributed by atoms with Crippen LogP contribution in [0.4, 0.5) is 0 Å². The molecule has 6 nitrogen and oxygen atoms in total. The summed E-state index contributed by atoms with van der Waals surface area (Å²) in [5.41, 5.74) is 3.44. The van der Waals surface area contributed by atoms with Gasteiger partial charge < -0.3 is 4.90 Å². The van der Waals surface area contributed by atoms with Gasteiger partial charge in [-0.2, -0.15) is 0 Å². The first-order valence-corrected chi connectivity index (χ1v) is 5.30. The van der Waals surface area contributed by atoms with Crippen LogP contribution in [-0.2, 0) is 16.1 Å². The van der Waals surface area contributed by atoms with Crippen LogP contribution in [0.1, 0.15) is 18.3 Å². The molecule has 92 valence electrons. The lowest BCUT2D eigenvalue weighted by molar-refractivity contribution is -0.146. The van der Waals surface area contributed by atoms with Crippen molar-refractivity contribution in [3.63, 3.8) is 0 Å². The number of aromatic nitrogens is 1. The summed E-state index contributed by atoms with van der Waals surface area (Å²) in [6.45, 7) is 4.37. The van der Waals surface area contributed by atoms with E-state index < -0.39 is 11.8 Å². The zero-order chi connectivity index (χ0) is 12.8. The molecule has 1 rings (SSSR count). The van der Waals surface area contributed by atoms with E-state index in [-0.39, 0.29) is 0 Å². The number of likely N-dealkylation sites (N-methyl/N-ethyl adjacent to an activating group) is 1. The molecule has 6 heteroatoms. The highest BCUT2D eigenvalue weighted by Gasteiger charge is 2.19. The van der Waals surface area contributed by atoms with Gasteiger partial charge in [0.15, 0.2) is 0 Å². The highest BCUT2D eigenvalue weighted by Crippen LogP contribution is 2.03. The first kappa shape index (κ1) is 13.1. The summed E-state index contributed by atoms with van der Waals surface area (Å²) in [6, 6.07) is 5.54. The normalized spacial score (nSPS) is 9.82. The zero-order valence-electron chi connectivity index (χ0n) is 9.93. The Hall–Kier alpha value is -1.95. The lowest BCUT2D eigenvalue weighted by atomic mass is 10.3. The van der Waals surface area contributed by atoms with Gasteiger partial charge in [-0.25, -0.2) is 5.84 Å². The van der Waals surface area contributed by atoms with Gasteiger partial charge in [0.25, 0.3) is 0 Å². The molecular formula is C11H16N4O2. The Morgan fingerprint density at radius 2 is 2.18 bits per heavy atom. The molecule has 0 spiro atoms. The maximum atomic E-state index is 11.6. The molecule has 0 unspecified atom stereocenters. The van der Waals surface area contributed by atoms with Crippen LogP contribution in [-0.4, -0.2) is 28.2 Å². The lowest BCUT2D eigenvalue weighted by Gasteiger charge is -2.19. The quantitative estimate of drug-likeness (QED) is 0.327. The van der Waals surface area contributed by atoms with Crippen molar-refractivity contribution in [1.82, 2.24) is 15.3 Å². The van der Waals surface area contributed by atoms with Gasteiger partial charge in [0.05, 0.1) is 12.2 Å². The van der Waals surface area contributed by atoms with E-state index in [4.69, 9.17) is 5.84 Å². The fraction of sp³-hybridized carbons (Fsp3) is 0.364. The van der Waals surface area contributed by atoms with Gasteiger partial charge in [0.1, 0.15) is 0 Å². The van der Waals surface area contributed by atoms with Gasteiger partial charge in [-0.15, -0.1) is 0 Å². The molecule has 3 N–H and O–H groups in total. The predicted molar refractivity (Wildman–Crippen MR) is 62.4 cm³/mol. The molecule has 0 fully saturated rings. The molecule has 0 aliphatic rings. The van der Waals surface area contributed by atoms with Crippen molar-refractivity contribution in [2.45, 2.75) is 20.4 Å². The molecule has 0 saturated heterocycles. The van der Waals surface area contributed by atoms with Crippen LogP contribution in [0.3, 0.4) is 0 Å². The average Bonchev–Trinajstić information content (AvgIpc) is 2.34. The van der Waals surface area contributed by atoms with E-state index in [2.05, 4.69) is 4.98 Å². The van der Waals surface area contributed by atoms with Crippen LogP contribution in [0, 0.1) is 6.92 Å². The van der Waals surface area contributed by atoms with E-state index in [0.29, 0.717) is 13.1 Å². The molecule has 0 atom stereocenters. The average molecular weight is 236 g/mol. The largest absolute Gasteiger partial charge is 0.329 e. The molecule has 0 bridgehead atoms. The summed E-state index contributed by atoms with van der Waals surface area (Å²) < 4.78 is 0. The second kappa shape index (κ2) is 5.95. The Balaban J connectivity index is 2.77. The van der Waals surface area contributed by atoms with E-state index in [1.165, 1.54) is 4.90 Å². The molecule has 1 aromatic rings. The highest BCUT2D eigenvalue weighted by atomic mass is 16.2. The Labute approximate surface area is 99.8 Å². The number of amides is 2. The van der Waals surface area contributed by atoms with Gasteiger partial charge in [0, 0.05) is 12.2 Å². The number of carbonyl (C=O) groups excluding carboxylic acids is 2. The predicted octanol–water partition coefficient (Wildman–Crippen LogP) is -0.272. The van der Waals surface area contributed by atoms with Crippen molar-refractivity contribution in [3.8, 4) is 0 Å². The summed E-state index contributed by atoms with van der Waals surface area (Å²) in [5, 5.41) is 0. The van der Waals surface area contributed by atoms with Crippen LogP contribution >= 0.6 is 0 Å². The van der Waals surface area contributed by atoms with Crippen molar-refractivity contribution in [2.75, 3.05) is 6.54 Å². The third kappa shape index (κ3) is 3.53. The number of aryl methyl sites for hydroxylation is 1. The number of pyridine rings is 1. The molecule has 1 heterocycles. The van der Waals surface area contributed by atoms with Crippen molar-refractivity contribution in [1.29, 1.82) is 0 Å². The maximum absolute atomic E-state index is 11.6. The summed E-state index contributed by atoms with van der Waals surface area (Å²) in [4.78, 5) is 28.4. The number of nitrogens with one attached hydrogen (secondary N) is 1. The fourth-order valence-corrected chi connectivity index (χ4v) is 1.42. The van der Waals surface area contributed by atoms with E-state index in [1.54, 1.807) is 6.92 Å². The molecule has 0 radical (unpaired) electrons.